The highest BCUT2D eigenvalue weighted by Gasteiger charge is 2.28. The average Bonchev–Trinajstić information content (AvgIpc) is 2.98. The maximum absolute atomic E-state index is 13.6. The van der Waals surface area contributed by atoms with Crippen molar-refractivity contribution in [1.29, 1.82) is 0 Å². The molecule has 1 heterocycles. The van der Waals surface area contributed by atoms with Crippen LogP contribution in [0.2, 0.25) is 0 Å². The van der Waals surface area contributed by atoms with Crippen LogP contribution in [0.15, 0.2) is 58.3 Å². The van der Waals surface area contributed by atoms with Gasteiger partial charge in [0.05, 0.1) is 15.5 Å². The summed E-state index contributed by atoms with van der Waals surface area (Å²) in [6.07, 6.45) is 4.22. The molecule has 186 valence electrons. The molecule has 0 aliphatic carbocycles. The molecule has 1 aliphatic rings. The van der Waals surface area contributed by atoms with E-state index < -0.39 is 5.83 Å². The van der Waals surface area contributed by atoms with E-state index >= 15 is 0 Å². The summed E-state index contributed by atoms with van der Waals surface area (Å²) in [5.41, 5.74) is 1.91. The van der Waals surface area contributed by atoms with Gasteiger partial charge >= 0.3 is 0 Å². The second kappa shape index (κ2) is 14.4. The number of benzene rings is 2. The number of aliphatic hydroxyl groups excluding tert-OH is 1. The van der Waals surface area contributed by atoms with E-state index in [2.05, 4.69) is 23.2 Å². The van der Waals surface area contributed by atoms with Crippen molar-refractivity contribution in [3.63, 3.8) is 0 Å². The molecule has 1 aliphatic heterocycles. The number of fused-ring (bicyclic) bond motifs is 1. The van der Waals surface area contributed by atoms with Gasteiger partial charge in [0.1, 0.15) is 17.8 Å². The minimum atomic E-state index is -0.968. The van der Waals surface area contributed by atoms with Crippen LogP contribution in [0.3, 0.4) is 0 Å². The molecule has 0 spiro atoms. The van der Waals surface area contributed by atoms with E-state index in [4.69, 9.17) is 9.84 Å². The number of ether oxygens (including phenoxy) is 1. The number of thioether (sulfide) groups is 1. The zero-order chi connectivity index (χ0) is 25.1. The minimum absolute atomic E-state index is 0.118. The molecule has 3 rings (SSSR count). The van der Waals surface area contributed by atoms with Gasteiger partial charge in [-0.2, -0.15) is 4.39 Å². The van der Waals surface area contributed by atoms with Crippen LogP contribution in [0.1, 0.15) is 33.1 Å². The van der Waals surface area contributed by atoms with E-state index in [0.717, 1.165) is 66.1 Å². The number of anilines is 2. The van der Waals surface area contributed by atoms with Crippen LogP contribution >= 0.6 is 23.7 Å². The predicted octanol–water partition coefficient (Wildman–Crippen LogP) is 6.58. The largest absolute Gasteiger partial charge is 0.461 e. The highest BCUT2D eigenvalue weighted by Crippen LogP contribution is 2.46. The van der Waals surface area contributed by atoms with Gasteiger partial charge in [0.15, 0.2) is 12.1 Å². The van der Waals surface area contributed by atoms with Crippen molar-refractivity contribution in [2.24, 2.45) is 0 Å². The van der Waals surface area contributed by atoms with E-state index in [1.165, 1.54) is 12.1 Å². The number of hydrogen-bond acceptors (Lipinski definition) is 7. The van der Waals surface area contributed by atoms with Gasteiger partial charge in [-0.05, 0) is 67.6 Å². The molecule has 1 atom stereocenters. The van der Waals surface area contributed by atoms with E-state index in [0.29, 0.717) is 5.75 Å². The van der Waals surface area contributed by atoms with Gasteiger partial charge in [-0.25, -0.2) is 8.70 Å². The van der Waals surface area contributed by atoms with E-state index in [1.54, 1.807) is 35.8 Å². The van der Waals surface area contributed by atoms with Gasteiger partial charge in [-0.15, -0.1) is 11.8 Å². The molecule has 1 N–H and O–H groups in total. The van der Waals surface area contributed by atoms with Gasteiger partial charge in [-0.1, -0.05) is 26.7 Å². The normalized spacial score (nSPS) is 16.3. The molecule has 0 saturated carbocycles. The summed E-state index contributed by atoms with van der Waals surface area (Å²) in [6.45, 7) is 4.97. The third kappa shape index (κ3) is 7.46. The molecule has 0 fully saturated rings. The number of carbonyl (C=O) groups excluding carboxylic acids is 1. The lowest BCUT2D eigenvalue weighted by atomic mass is 10.1. The van der Waals surface area contributed by atoms with Crippen molar-refractivity contribution in [2.45, 2.75) is 48.9 Å². The summed E-state index contributed by atoms with van der Waals surface area (Å²) in [7, 11) is 3.07. The van der Waals surface area contributed by atoms with Crippen molar-refractivity contribution in [1.82, 2.24) is 4.31 Å². The van der Waals surface area contributed by atoms with E-state index in [1.807, 2.05) is 19.1 Å². The fraction of sp³-hybridized carbons (Fsp3) is 0.400. The van der Waals surface area contributed by atoms with Crippen molar-refractivity contribution < 1.29 is 23.4 Å². The topological polar surface area (TPSA) is 53.0 Å². The Morgan fingerprint density at radius 3 is 2.59 bits per heavy atom. The number of likely N-dealkylation sites (N-methyl/N-ethyl adjacent to an activating group) is 1. The summed E-state index contributed by atoms with van der Waals surface area (Å²) in [6, 6.07) is 10.8. The third-order valence-corrected chi connectivity index (χ3v) is 7.23. The maximum atomic E-state index is 13.6. The first-order chi connectivity index (χ1) is 16.5. The highest BCUT2D eigenvalue weighted by atomic mass is 32.2. The Kier molecular flexibility index (Phi) is 11.9. The number of allylic oxidation sites excluding steroid dienone is 1. The standard InChI is InChI=1S/C24H28F2N2O2S2.CH4O/c1-4-6-7-20-14-28(19-10-8-17(25)9-11-19)21-12-24(31-5-2)22(30-16-18(26)15-29)13-23(21)32-27(20)3;1-2/h8-13,15-16,20H,4-7,14H2,1-3H3;2H,1H3/b18-16-;. The number of carbonyl (C=O) groups is 1. The molecule has 34 heavy (non-hydrogen) atoms. The zero-order valence-corrected chi connectivity index (χ0v) is 21.6. The van der Waals surface area contributed by atoms with Gasteiger partial charge in [0.2, 0.25) is 0 Å². The van der Waals surface area contributed by atoms with Gasteiger partial charge < -0.3 is 14.7 Å². The Balaban J connectivity index is 0.00000199. The number of rotatable bonds is 9. The number of aliphatic hydroxyl groups is 1. The molecule has 5 nitrogen and oxygen atoms in total. The fourth-order valence-electron chi connectivity index (χ4n) is 3.55. The summed E-state index contributed by atoms with van der Waals surface area (Å²) in [5, 5.41) is 7.00. The van der Waals surface area contributed by atoms with Crippen molar-refractivity contribution in [3.05, 3.63) is 54.3 Å². The van der Waals surface area contributed by atoms with Crippen molar-refractivity contribution in [2.75, 3.05) is 31.4 Å². The molecule has 0 saturated heterocycles. The Bertz CT molecular complexity index is 958. The van der Waals surface area contributed by atoms with Crippen LogP contribution in [0.4, 0.5) is 20.2 Å². The predicted molar refractivity (Wildman–Crippen MR) is 137 cm³/mol. The summed E-state index contributed by atoms with van der Waals surface area (Å²) >= 11 is 3.20. The molecule has 2 aromatic carbocycles. The number of hydrogen-bond donors (Lipinski definition) is 1. The molecule has 2 aromatic rings. The Morgan fingerprint density at radius 2 is 1.97 bits per heavy atom. The van der Waals surface area contributed by atoms with Crippen LogP contribution in [-0.2, 0) is 4.79 Å². The number of unbranched alkanes of at least 4 members (excludes halogenated alkanes) is 1. The molecular weight excluding hydrogens is 478 g/mol. The molecule has 0 amide bonds. The minimum Gasteiger partial charge on any atom is -0.461 e. The highest BCUT2D eigenvalue weighted by molar-refractivity contribution is 7.99. The third-order valence-electron chi connectivity index (χ3n) is 5.21. The SMILES string of the molecule is CCCCC1CN(c2ccc(F)cc2)c2cc(SCC)c(O/C=C(\F)C=O)cc2SN1C.CO. The van der Waals surface area contributed by atoms with E-state index in [9.17, 15) is 13.6 Å². The summed E-state index contributed by atoms with van der Waals surface area (Å²) in [5.74, 6) is 0.0645. The van der Waals surface area contributed by atoms with Crippen LogP contribution in [0, 0.1) is 5.82 Å². The zero-order valence-electron chi connectivity index (χ0n) is 20.0. The Morgan fingerprint density at radius 1 is 1.26 bits per heavy atom. The molecule has 0 radical (unpaired) electrons. The van der Waals surface area contributed by atoms with Gasteiger partial charge in [0.25, 0.3) is 0 Å². The molecular formula is C25H32F2N2O3S2. The van der Waals surface area contributed by atoms with Gasteiger partial charge in [0, 0.05) is 25.4 Å². The first-order valence-electron chi connectivity index (χ1n) is 11.1. The van der Waals surface area contributed by atoms with Crippen LogP contribution in [-0.4, -0.2) is 48.2 Å². The van der Waals surface area contributed by atoms with E-state index in [-0.39, 0.29) is 18.1 Å². The number of nitrogens with zero attached hydrogens (tertiary/aromatic N) is 2. The lowest BCUT2D eigenvalue weighted by Gasteiger charge is -2.30. The second-order valence-corrected chi connectivity index (χ2v) is 9.96. The van der Waals surface area contributed by atoms with Crippen LogP contribution in [0.25, 0.3) is 0 Å². The smallest absolute Gasteiger partial charge is 0.197 e. The second-order valence-electron chi connectivity index (χ2n) is 7.46. The Hall–Kier alpha value is -2.07. The quantitative estimate of drug-likeness (QED) is 0.134. The van der Waals surface area contributed by atoms with Crippen molar-refractivity contribution in [3.8, 4) is 5.75 Å². The molecule has 0 aromatic heterocycles. The molecule has 0 bridgehead atoms. The maximum Gasteiger partial charge on any atom is 0.197 e. The summed E-state index contributed by atoms with van der Waals surface area (Å²) in [4.78, 5) is 14.7. The first kappa shape index (κ1) is 28.2. The molecule has 9 heteroatoms. The number of aldehydes is 1. The lowest BCUT2D eigenvalue weighted by Crippen LogP contribution is -2.35. The Labute approximate surface area is 209 Å². The lowest BCUT2D eigenvalue weighted by molar-refractivity contribution is -0.106. The average molecular weight is 511 g/mol. The fourth-order valence-corrected chi connectivity index (χ4v) is 5.36. The van der Waals surface area contributed by atoms with Gasteiger partial charge in [-0.3, -0.25) is 4.79 Å². The summed E-state index contributed by atoms with van der Waals surface area (Å²) < 4.78 is 34.8. The molecule has 1 unspecified atom stereocenters. The van der Waals surface area contributed by atoms with Crippen molar-refractivity contribution >= 4 is 41.4 Å². The van der Waals surface area contributed by atoms with Crippen LogP contribution in [0.5, 0.6) is 5.75 Å². The monoisotopic (exact) mass is 510 g/mol. The first-order valence-corrected chi connectivity index (χ1v) is 12.9. The van der Waals surface area contributed by atoms with Crippen LogP contribution < -0.4 is 9.64 Å². The number of halogens is 2.